The Hall–Kier alpha value is -3.35. The Morgan fingerprint density at radius 1 is 1.19 bits per heavy atom. The topological polar surface area (TPSA) is 67.7 Å². The maximum atomic E-state index is 12.9. The van der Waals surface area contributed by atoms with Crippen LogP contribution in [0, 0.1) is 0 Å². The number of aromatic nitrogens is 2. The number of nitrogens with zero attached hydrogens (tertiary/aromatic N) is 4. The van der Waals surface area contributed by atoms with Crippen molar-refractivity contribution in [2.45, 2.75) is 38.6 Å². The summed E-state index contributed by atoms with van der Waals surface area (Å²) in [6.07, 6.45) is 2.39. The zero-order valence-electron chi connectivity index (χ0n) is 19.0. The lowest BCUT2D eigenvalue weighted by atomic mass is 10.1. The minimum absolute atomic E-state index is 0.0548. The third kappa shape index (κ3) is 4.33. The lowest BCUT2D eigenvalue weighted by Gasteiger charge is -2.20. The number of para-hydroxylation sites is 2. The van der Waals surface area contributed by atoms with Gasteiger partial charge in [-0.1, -0.05) is 25.5 Å². The fourth-order valence-electron chi connectivity index (χ4n) is 4.24. The van der Waals surface area contributed by atoms with E-state index in [0.717, 1.165) is 47.7 Å². The van der Waals surface area contributed by atoms with Crippen LogP contribution in [-0.4, -0.2) is 53.5 Å². The van der Waals surface area contributed by atoms with Crippen molar-refractivity contribution in [3.63, 3.8) is 0 Å². The highest BCUT2D eigenvalue weighted by Gasteiger charge is 2.35. The van der Waals surface area contributed by atoms with Crippen LogP contribution in [0.4, 0.5) is 5.69 Å². The largest absolute Gasteiger partial charge is 0.497 e. The van der Waals surface area contributed by atoms with Gasteiger partial charge in [0.15, 0.2) is 0 Å². The predicted molar refractivity (Wildman–Crippen MR) is 125 cm³/mol. The molecule has 0 unspecified atom stereocenters. The third-order valence-corrected chi connectivity index (χ3v) is 6.12. The van der Waals surface area contributed by atoms with Gasteiger partial charge in [-0.15, -0.1) is 0 Å². The van der Waals surface area contributed by atoms with E-state index in [1.165, 1.54) is 0 Å². The molecule has 32 heavy (non-hydrogen) atoms. The molecule has 0 spiro atoms. The molecule has 0 radical (unpaired) electrons. The van der Waals surface area contributed by atoms with Crippen molar-refractivity contribution in [3.05, 3.63) is 54.4 Å². The number of imidazole rings is 1. The summed E-state index contributed by atoms with van der Waals surface area (Å²) in [6.45, 7) is 3.62. The van der Waals surface area contributed by atoms with Crippen LogP contribution in [0.5, 0.6) is 5.75 Å². The molecule has 168 valence electrons. The summed E-state index contributed by atoms with van der Waals surface area (Å²) in [5, 5.41) is 0. The molecule has 0 aliphatic carbocycles. The lowest BCUT2D eigenvalue weighted by molar-refractivity contribution is -0.130. The Morgan fingerprint density at radius 3 is 2.66 bits per heavy atom. The Balaban J connectivity index is 1.61. The number of fused-ring (bicyclic) bond motifs is 1. The van der Waals surface area contributed by atoms with E-state index in [1.807, 2.05) is 60.1 Å². The van der Waals surface area contributed by atoms with Gasteiger partial charge >= 0.3 is 0 Å². The van der Waals surface area contributed by atoms with Crippen LogP contribution in [0.3, 0.4) is 0 Å². The highest BCUT2D eigenvalue weighted by molar-refractivity contribution is 5.96. The maximum absolute atomic E-state index is 12.9. The number of benzene rings is 2. The first kappa shape index (κ1) is 21.9. The number of ether oxygens (including phenoxy) is 1. The van der Waals surface area contributed by atoms with Crippen molar-refractivity contribution in [2.24, 2.45) is 0 Å². The second kappa shape index (κ2) is 9.42. The molecular formula is C25H30N4O3. The highest BCUT2D eigenvalue weighted by Crippen LogP contribution is 2.33. The van der Waals surface area contributed by atoms with Crippen LogP contribution in [0.2, 0.25) is 0 Å². The normalized spacial score (nSPS) is 16.0. The molecular weight excluding hydrogens is 404 g/mol. The minimum atomic E-state index is -0.0780. The minimum Gasteiger partial charge on any atom is -0.497 e. The zero-order valence-corrected chi connectivity index (χ0v) is 19.0. The van der Waals surface area contributed by atoms with Gasteiger partial charge in [0.1, 0.15) is 18.1 Å². The quantitative estimate of drug-likeness (QED) is 0.541. The molecule has 0 bridgehead atoms. The average Bonchev–Trinajstić information content (AvgIpc) is 3.38. The Kier molecular flexibility index (Phi) is 6.44. The van der Waals surface area contributed by atoms with Gasteiger partial charge in [-0.3, -0.25) is 9.59 Å². The van der Waals surface area contributed by atoms with E-state index in [2.05, 4.69) is 6.92 Å². The monoisotopic (exact) mass is 434 g/mol. The molecule has 2 amide bonds. The van der Waals surface area contributed by atoms with Crippen LogP contribution in [0.25, 0.3) is 11.0 Å². The molecule has 2 aromatic carbocycles. The highest BCUT2D eigenvalue weighted by atomic mass is 16.5. The first-order valence-corrected chi connectivity index (χ1v) is 11.1. The number of hydrogen-bond acceptors (Lipinski definition) is 4. The van der Waals surface area contributed by atoms with Crippen LogP contribution >= 0.6 is 0 Å². The molecule has 1 aliphatic heterocycles. The standard InChI is InChI=1S/C25H30N4O3/c1-4-5-14-27(2)24(31)17-29-22-9-7-6-8-21(22)26-25(29)18-15-23(30)28(16-18)19-10-12-20(32-3)13-11-19/h6-13,18H,4-5,14-17H2,1-3H3/t18-/m1/s1. The number of unbranched alkanes of at least 4 members (excludes halogenated alkanes) is 1. The fraction of sp³-hybridized carbons (Fsp3) is 0.400. The summed E-state index contributed by atoms with van der Waals surface area (Å²) in [5.41, 5.74) is 2.62. The van der Waals surface area contributed by atoms with Crippen molar-refractivity contribution in [1.29, 1.82) is 0 Å². The summed E-state index contributed by atoms with van der Waals surface area (Å²) in [5.74, 6) is 1.59. The number of rotatable bonds is 8. The number of anilines is 1. The number of likely N-dealkylation sites (N-methyl/N-ethyl adjacent to an activating group) is 1. The molecule has 0 N–H and O–H groups in total. The van der Waals surface area contributed by atoms with E-state index in [-0.39, 0.29) is 24.3 Å². The molecule has 2 heterocycles. The van der Waals surface area contributed by atoms with Gasteiger partial charge in [0.05, 0.1) is 18.1 Å². The van der Waals surface area contributed by atoms with E-state index in [0.29, 0.717) is 13.0 Å². The van der Waals surface area contributed by atoms with Crippen molar-refractivity contribution < 1.29 is 14.3 Å². The number of carbonyl (C=O) groups excluding carboxylic acids is 2. The number of methoxy groups -OCH3 is 1. The summed E-state index contributed by atoms with van der Waals surface area (Å²) in [7, 11) is 3.47. The van der Waals surface area contributed by atoms with Gasteiger partial charge in [-0.25, -0.2) is 4.98 Å². The van der Waals surface area contributed by atoms with Gasteiger partial charge in [0.25, 0.3) is 0 Å². The molecule has 7 heteroatoms. The van der Waals surface area contributed by atoms with Crippen LogP contribution in [0.15, 0.2) is 48.5 Å². The van der Waals surface area contributed by atoms with Gasteiger partial charge in [0, 0.05) is 38.2 Å². The average molecular weight is 435 g/mol. The second-order valence-electron chi connectivity index (χ2n) is 8.32. The molecule has 4 rings (SSSR count). The maximum Gasteiger partial charge on any atom is 0.242 e. The molecule has 3 aromatic rings. The SMILES string of the molecule is CCCCN(C)C(=O)Cn1c([C@@H]2CC(=O)N(c3ccc(OC)cc3)C2)nc2ccccc21. The molecule has 7 nitrogen and oxygen atoms in total. The zero-order chi connectivity index (χ0) is 22.7. The summed E-state index contributed by atoms with van der Waals surface area (Å²) in [4.78, 5) is 34.2. The van der Waals surface area contributed by atoms with E-state index in [4.69, 9.17) is 9.72 Å². The third-order valence-electron chi connectivity index (χ3n) is 6.12. The van der Waals surface area contributed by atoms with Gasteiger partial charge < -0.3 is 19.1 Å². The second-order valence-corrected chi connectivity index (χ2v) is 8.32. The Labute approximate surface area is 188 Å². The molecule has 1 saturated heterocycles. The number of amides is 2. The fourth-order valence-corrected chi connectivity index (χ4v) is 4.24. The van der Waals surface area contributed by atoms with E-state index in [9.17, 15) is 9.59 Å². The molecule has 1 aliphatic rings. The van der Waals surface area contributed by atoms with Crippen molar-refractivity contribution >= 4 is 28.5 Å². The van der Waals surface area contributed by atoms with E-state index < -0.39 is 0 Å². The summed E-state index contributed by atoms with van der Waals surface area (Å²) < 4.78 is 7.22. The van der Waals surface area contributed by atoms with Gasteiger partial charge in [0.2, 0.25) is 11.8 Å². The Bertz CT molecular complexity index is 1110. The van der Waals surface area contributed by atoms with Crippen LogP contribution in [-0.2, 0) is 16.1 Å². The van der Waals surface area contributed by atoms with E-state index in [1.54, 1.807) is 16.9 Å². The molecule has 0 saturated carbocycles. The van der Waals surface area contributed by atoms with Crippen LogP contribution < -0.4 is 9.64 Å². The first-order valence-electron chi connectivity index (χ1n) is 11.1. The number of hydrogen-bond donors (Lipinski definition) is 0. The molecule has 1 fully saturated rings. The van der Waals surface area contributed by atoms with Gasteiger partial charge in [-0.05, 0) is 42.8 Å². The van der Waals surface area contributed by atoms with Crippen LogP contribution in [0.1, 0.15) is 37.9 Å². The van der Waals surface area contributed by atoms with E-state index >= 15 is 0 Å². The van der Waals surface area contributed by atoms with Crippen molar-refractivity contribution in [2.75, 3.05) is 32.1 Å². The lowest BCUT2D eigenvalue weighted by Crippen LogP contribution is -2.32. The first-order chi connectivity index (χ1) is 15.5. The van der Waals surface area contributed by atoms with Crippen molar-refractivity contribution in [3.8, 4) is 5.75 Å². The number of carbonyl (C=O) groups is 2. The molecule has 1 atom stereocenters. The van der Waals surface area contributed by atoms with Crippen molar-refractivity contribution in [1.82, 2.24) is 14.5 Å². The summed E-state index contributed by atoms with van der Waals surface area (Å²) in [6, 6.07) is 15.4. The smallest absolute Gasteiger partial charge is 0.242 e. The van der Waals surface area contributed by atoms with Gasteiger partial charge in [-0.2, -0.15) is 0 Å². The Morgan fingerprint density at radius 2 is 1.94 bits per heavy atom. The summed E-state index contributed by atoms with van der Waals surface area (Å²) >= 11 is 0. The molecule has 1 aromatic heterocycles. The predicted octanol–water partition coefficient (Wildman–Crippen LogP) is 3.82.